The van der Waals surface area contributed by atoms with E-state index in [2.05, 4.69) is 36.0 Å². The normalized spacial score (nSPS) is 10.3. The molecular formula is C15H19N3. The van der Waals surface area contributed by atoms with Crippen LogP contribution in [-0.4, -0.2) is 18.6 Å². The van der Waals surface area contributed by atoms with Crippen LogP contribution in [0.3, 0.4) is 0 Å². The van der Waals surface area contributed by atoms with Gasteiger partial charge in [0.2, 0.25) is 0 Å². The van der Waals surface area contributed by atoms with Crippen molar-refractivity contribution >= 4 is 11.4 Å². The molecular weight excluding hydrogens is 222 g/mol. The molecule has 1 heterocycles. The number of benzene rings is 1. The van der Waals surface area contributed by atoms with Gasteiger partial charge in [0.05, 0.1) is 0 Å². The fourth-order valence-corrected chi connectivity index (χ4v) is 1.97. The summed E-state index contributed by atoms with van der Waals surface area (Å²) in [5.74, 6) is 0. The van der Waals surface area contributed by atoms with Crippen LogP contribution in [0, 0.1) is 6.92 Å². The highest BCUT2D eigenvalue weighted by Gasteiger charge is 2.03. The molecule has 0 aliphatic rings. The zero-order valence-electron chi connectivity index (χ0n) is 10.9. The van der Waals surface area contributed by atoms with E-state index in [9.17, 15) is 0 Å². The van der Waals surface area contributed by atoms with Gasteiger partial charge in [-0.15, -0.1) is 0 Å². The molecule has 0 unspecified atom stereocenters. The number of likely N-dealkylation sites (N-methyl/N-ethyl adjacent to an activating group) is 1. The fourth-order valence-electron chi connectivity index (χ4n) is 1.97. The van der Waals surface area contributed by atoms with E-state index in [0.717, 1.165) is 30.0 Å². The van der Waals surface area contributed by atoms with Crippen molar-refractivity contribution in [3.63, 3.8) is 0 Å². The summed E-state index contributed by atoms with van der Waals surface area (Å²) in [5.41, 5.74) is 10.1. The van der Waals surface area contributed by atoms with E-state index < -0.39 is 0 Å². The highest BCUT2D eigenvalue weighted by molar-refractivity contribution is 5.58. The summed E-state index contributed by atoms with van der Waals surface area (Å²) in [6.45, 7) is 2.99. The van der Waals surface area contributed by atoms with Crippen molar-refractivity contribution in [3.8, 4) is 0 Å². The maximum Gasteiger partial charge on any atom is 0.0421 e. The SMILES string of the molecule is Cc1cc(N)cc(N(C)CCc2ccccn2)c1. The molecule has 0 aliphatic heterocycles. The molecule has 0 spiro atoms. The van der Waals surface area contributed by atoms with Gasteiger partial charge in [-0.2, -0.15) is 0 Å². The monoisotopic (exact) mass is 241 g/mol. The molecule has 18 heavy (non-hydrogen) atoms. The van der Waals surface area contributed by atoms with E-state index in [1.165, 1.54) is 5.56 Å². The summed E-state index contributed by atoms with van der Waals surface area (Å²) in [6, 6.07) is 12.1. The zero-order chi connectivity index (χ0) is 13.0. The fraction of sp³-hybridized carbons (Fsp3) is 0.267. The Balaban J connectivity index is 2.01. The third-order valence-electron chi connectivity index (χ3n) is 2.95. The van der Waals surface area contributed by atoms with Crippen LogP contribution < -0.4 is 10.6 Å². The van der Waals surface area contributed by atoms with Crippen molar-refractivity contribution < 1.29 is 0 Å². The van der Waals surface area contributed by atoms with Gasteiger partial charge in [-0.3, -0.25) is 4.98 Å². The first kappa shape index (κ1) is 12.4. The Morgan fingerprint density at radius 2 is 2.06 bits per heavy atom. The molecule has 3 heteroatoms. The van der Waals surface area contributed by atoms with Gasteiger partial charge in [0.1, 0.15) is 0 Å². The highest BCUT2D eigenvalue weighted by Crippen LogP contribution is 2.19. The number of aryl methyl sites for hydroxylation is 1. The topological polar surface area (TPSA) is 42.1 Å². The summed E-state index contributed by atoms with van der Waals surface area (Å²) in [4.78, 5) is 6.53. The number of anilines is 2. The van der Waals surface area contributed by atoms with E-state index in [4.69, 9.17) is 5.73 Å². The first-order valence-electron chi connectivity index (χ1n) is 6.13. The number of nitrogens with zero attached hydrogens (tertiary/aromatic N) is 2. The van der Waals surface area contributed by atoms with Gasteiger partial charge in [0.15, 0.2) is 0 Å². The third kappa shape index (κ3) is 3.23. The summed E-state index contributed by atoms with van der Waals surface area (Å²) >= 11 is 0. The molecule has 0 atom stereocenters. The van der Waals surface area contributed by atoms with Crippen LogP contribution in [0.15, 0.2) is 42.6 Å². The average molecular weight is 241 g/mol. The molecule has 2 N–H and O–H groups in total. The largest absolute Gasteiger partial charge is 0.399 e. The molecule has 2 rings (SSSR count). The molecule has 0 saturated carbocycles. The predicted molar refractivity (Wildman–Crippen MR) is 76.8 cm³/mol. The Morgan fingerprint density at radius 3 is 2.72 bits per heavy atom. The molecule has 0 radical (unpaired) electrons. The van der Waals surface area contributed by atoms with E-state index in [-0.39, 0.29) is 0 Å². The van der Waals surface area contributed by atoms with Gasteiger partial charge >= 0.3 is 0 Å². The van der Waals surface area contributed by atoms with Gasteiger partial charge in [-0.25, -0.2) is 0 Å². The summed E-state index contributed by atoms with van der Waals surface area (Å²) in [6.07, 6.45) is 2.77. The van der Waals surface area contributed by atoms with Crippen molar-refractivity contribution in [1.29, 1.82) is 0 Å². The van der Waals surface area contributed by atoms with E-state index in [1.54, 1.807) is 0 Å². The van der Waals surface area contributed by atoms with Crippen LogP contribution in [0.2, 0.25) is 0 Å². The van der Waals surface area contributed by atoms with Crippen molar-refractivity contribution in [2.24, 2.45) is 0 Å². The van der Waals surface area contributed by atoms with Gasteiger partial charge in [-0.1, -0.05) is 6.07 Å². The number of pyridine rings is 1. The van der Waals surface area contributed by atoms with Gasteiger partial charge in [0, 0.05) is 43.3 Å². The second-order valence-electron chi connectivity index (χ2n) is 4.59. The Hall–Kier alpha value is -2.03. The first-order chi connectivity index (χ1) is 8.65. The molecule has 0 amide bonds. The number of hydrogen-bond donors (Lipinski definition) is 1. The minimum Gasteiger partial charge on any atom is -0.399 e. The van der Waals surface area contributed by atoms with Crippen molar-refractivity contribution in [2.45, 2.75) is 13.3 Å². The second kappa shape index (κ2) is 5.54. The molecule has 0 bridgehead atoms. The molecule has 0 aliphatic carbocycles. The van der Waals surface area contributed by atoms with Crippen LogP contribution in [-0.2, 0) is 6.42 Å². The second-order valence-corrected chi connectivity index (χ2v) is 4.59. The number of nitrogen functional groups attached to an aromatic ring is 1. The smallest absolute Gasteiger partial charge is 0.0421 e. The molecule has 3 nitrogen and oxygen atoms in total. The number of hydrogen-bond acceptors (Lipinski definition) is 3. The third-order valence-corrected chi connectivity index (χ3v) is 2.95. The Bertz CT molecular complexity index is 488. The van der Waals surface area contributed by atoms with Crippen molar-refractivity contribution in [3.05, 3.63) is 53.9 Å². The van der Waals surface area contributed by atoms with Crippen LogP contribution >= 0.6 is 0 Å². The van der Waals surface area contributed by atoms with Gasteiger partial charge < -0.3 is 10.6 Å². The average Bonchev–Trinajstić information content (AvgIpc) is 2.36. The highest BCUT2D eigenvalue weighted by atomic mass is 15.1. The lowest BCUT2D eigenvalue weighted by Crippen LogP contribution is -2.20. The predicted octanol–water partition coefficient (Wildman–Crippen LogP) is 2.65. The lowest BCUT2D eigenvalue weighted by atomic mass is 10.1. The van der Waals surface area contributed by atoms with Gasteiger partial charge in [0.25, 0.3) is 0 Å². The van der Waals surface area contributed by atoms with Crippen LogP contribution in [0.25, 0.3) is 0 Å². The van der Waals surface area contributed by atoms with Crippen molar-refractivity contribution in [2.75, 3.05) is 24.2 Å². The first-order valence-corrected chi connectivity index (χ1v) is 6.13. The standard InChI is InChI=1S/C15H19N3/c1-12-9-13(16)11-15(10-12)18(2)8-6-14-5-3-4-7-17-14/h3-5,7,9-11H,6,8,16H2,1-2H3. The van der Waals surface area contributed by atoms with Crippen molar-refractivity contribution in [1.82, 2.24) is 4.98 Å². The minimum atomic E-state index is 0.815. The lowest BCUT2D eigenvalue weighted by Gasteiger charge is -2.20. The minimum absolute atomic E-state index is 0.815. The summed E-state index contributed by atoms with van der Waals surface area (Å²) in [7, 11) is 2.08. The van der Waals surface area contributed by atoms with Gasteiger partial charge in [-0.05, 0) is 42.8 Å². The summed E-state index contributed by atoms with van der Waals surface area (Å²) in [5, 5.41) is 0. The molecule has 1 aromatic carbocycles. The maximum atomic E-state index is 5.87. The Kier molecular flexibility index (Phi) is 3.82. The van der Waals surface area contributed by atoms with E-state index >= 15 is 0 Å². The zero-order valence-corrected chi connectivity index (χ0v) is 10.9. The van der Waals surface area contributed by atoms with Crippen LogP contribution in [0.5, 0.6) is 0 Å². The Morgan fingerprint density at radius 1 is 1.22 bits per heavy atom. The molecule has 0 fully saturated rings. The van der Waals surface area contributed by atoms with Crippen LogP contribution in [0.1, 0.15) is 11.3 Å². The molecule has 1 aromatic heterocycles. The molecule has 0 saturated heterocycles. The van der Waals surface area contributed by atoms with E-state index in [0.29, 0.717) is 0 Å². The summed E-state index contributed by atoms with van der Waals surface area (Å²) < 4.78 is 0. The number of aromatic nitrogens is 1. The van der Waals surface area contributed by atoms with E-state index in [1.807, 2.05) is 30.5 Å². The maximum absolute atomic E-state index is 5.87. The molecule has 94 valence electrons. The lowest BCUT2D eigenvalue weighted by molar-refractivity contribution is 0.852. The molecule has 2 aromatic rings. The number of nitrogens with two attached hydrogens (primary N) is 1. The van der Waals surface area contributed by atoms with Crippen LogP contribution in [0.4, 0.5) is 11.4 Å². The quantitative estimate of drug-likeness (QED) is 0.837. The number of rotatable bonds is 4. The Labute approximate surface area is 108 Å².